The molecule has 0 aliphatic rings. The van der Waals surface area contributed by atoms with E-state index >= 15 is 0 Å². The van der Waals surface area contributed by atoms with Crippen molar-refractivity contribution >= 4 is 17.7 Å². The van der Waals surface area contributed by atoms with Gasteiger partial charge in [0.1, 0.15) is 6.10 Å². The molecule has 0 amide bonds. The largest absolute Gasteiger partial charge is 0.465 e. The summed E-state index contributed by atoms with van der Waals surface area (Å²) in [6.07, 6.45) is 4.95. The number of aliphatic hydroxyl groups excluding tert-OH is 1. The number of benzene rings is 2. The topological polar surface area (TPSA) is 89.9 Å². The molecule has 0 heterocycles. The van der Waals surface area contributed by atoms with Crippen LogP contribution in [0, 0.1) is 23.7 Å². The fourth-order valence-corrected chi connectivity index (χ4v) is 2.79. The number of rotatable bonds is 8. The third-order valence-electron chi connectivity index (χ3n) is 4.97. The zero-order valence-corrected chi connectivity index (χ0v) is 21.4. The molecule has 2 rings (SSSR count). The Kier molecular flexibility index (Phi) is 14.7. The monoisotopic (exact) mass is 490 g/mol. The molecule has 1 N–H and O–H groups in total. The molecule has 0 aliphatic carbocycles. The minimum atomic E-state index is -0.798. The standard InChI is InChI=1S/C15H18O3.C15H16O3/c2*1-3-4-5-6-7-14(16)12-8-10-13(11-9-12)15(17)18-2/h8-11,14,16H,3-5H2,1-2H3;8-11H,3-5H2,1-2H3. The van der Waals surface area contributed by atoms with Crippen molar-refractivity contribution in [3.05, 3.63) is 70.8 Å². The second kappa shape index (κ2) is 17.5. The van der Waals surface area contributed by atoms with E-state index in [0.29, 0.717) is 22.3 Å². The Labute approximate surface area is 214 Å². The zero-order valence-electron chi connectivity index (χ0n) is 21.4. The number of unbranched alkanes of at least 4 members (excludes halogenated alkanes) is 4. The van der Waals surface area contributed by atoms with E-state index in [0.717, 1.165) is 38.5 Å². The summed E-state index contributed by atoms with van der Waals surface area (Å²) in [4.78, 5) is 34.1. The van der Waals surface area contributed by atoms with Crippen LogP contribution >= 0.6 is 0 Å². The number of carbonyl (C=O) groups is 3. The molecule has 36 heavy (non-hydrogen) atoms. The van der Waals surface area contributed by atoms with E-state index in [1.54, 1.807) is 48.5 Å². The molecule has 190 valence electrons. The minimum Gasteiger partial charge on any atom is -0.465 e. The maximum absolute atomic E-state index is 11.7. The van der Waals surface area contributed by atoms with Crippen molar-refractivity contribution < 1.29 is 29.0 Å². The normalized spacial score (nSPS) is 10.2. The van der Waals surface area contributed by atoms with Crippen molar-refractivity contribution in [2.45, 2.75) is 58.5 Å². The Morgan fingerprint density at radius 1 is 0.750 bits per heavy atom. The number of hydrogen-bond donors (Lipinski definition) is 1. The van der Waals surface area contributed by atoms with E-state index < -0.39 is 12.1 Å². The van der Waals surface area contributed by atoms with E-state index in [2.05, 4.69) is 47.0 Å². The molecule has 0 saturated heterocycles. The first-order valence-electron chi connectivity index (χ1n) is 11.9. The molecule has 0 saturated carbocycles. The average molecular weight is 491 g/mol. The fraction of sp³-hybridized carbons (Fsp3) is 0.367. The highest BCUT2D eigenvalue weighted by Crippen LogP contribution is 2.13. The molecule has 2 aromatic carbocycles. The fourth-order valence-electron chi connectivity index (χ4n) is 2.79. The molecule has 0 bridgehead atoms. The Hall–Kier alpha value is -3.87. The molecule has 6 nitrogen and oxygen atoms in total. The molecule has 1 atom stereocenters. The van der Waals surface area contributed by atoms with Crippen LogP contribution in [-0.4, -0.2) is 37.0 Å². The first-order valence-corrected chi connectivity index (χ1v) is 11.9. The van der Waals surface area contributed by atoms with Crippen LogP contribution < -0.4 is 0 Å². The summed E-state index contributed by atoms with van der Waals surface area (Å²) in [5.74, 6) is 10.1. The molecule has 0 aliphatic heterocycles. The van der Waals surface area contributed by atoms with Crippen LogP contribution in [0.2, 0.25) is 0 Å². The first kappa shape index (κ1) is 30.2. The number of hydrogen-bond acceptors (Lipinski definition) is 6. The minimum absolute atomic E-state index is 0.220. The van der Waals surface area contributed by atoms with E-state index in [1.807, 2.05) is 0 Å². The van der Waals surface area contributed by atoms with Crippen molar-refractivity contribution in [1.82, 2.24) is 0 Å². The lowest BCUT2D eigenvalue weighted by molar-refractivity contribution is 0.0592. The van der Waals surface area contributed by atoms with Gasteiger partial charge in [-0.2, -0.15) is 0 Å². The van der Waals surface area contributed by atoms with E-state index in [4.69, 9.17) is 0 Å². The molecule has 0 aromatic heterocycles. The summed E-state index contributed by atoms with van der Waals surface area (Å²) in [5.41, 5.74) is 2.07. The number of ketones is 1. The summed E-state index contributed by atoms with van der Waals surface area (Å²) in [6.45, 7) is 4.18. The van der Waals surface area contributed by atoms with E-state index in [-0.39, 0.29) is 11.8 Å². The highest BCUT2D eigenvalue weighted by Gasteiger charge is 2.08. The van der Waals surface area contributed by atoms with Crippen LogP contribution in [0.5, 0.6) is 0 Å². The lowest BCUT2D eigenvalue weighted by Crippen LogP contribution is -2.02. The van der Waals surface area contributed by atoms with Crippen molar-refractivity contribution in [3.63, 3.8) is 0 Å². The van der Waals surface area contributed by atoms with Gasteiger partial charge in [0.05, 0.1) is 25.3 Å². The van der Waals surface area contributed by atoms with Gasteiger partial charge in [0.25, 0.3) is 0 Å². The van der Waals surface area contributed by atoms with Crippen LogP contribution in [0.3, 0.4) is 0 Å². The molecule has 0 spiro atoms. The van der Waals surface area contributed by atoms with E-state index in [9.17, 15) is 19.5 Å². The lowest BCUT2D eigenvalue weighted by atomic mass is 10.1. The van der Waals surface area contributed by atoms with Gasteiger partial charge in [0.2, 0.25) is 5.78 Å². The summed E-state index contributed by atoms with van der Waals surface area (Å²) in [7, 11) is 2.66. The summed E-state index contributed by atoms with van der Waals surface area (Å²) < 4.78 is 9.18. The van der Waals surface area contributed by atoms with Gasteiger partial charge in [-0.1, -0.05) is 50.7 Å². The maximum Gasteiger partial charge on any atom is 0.337 e. The highest BCUT2D eigenvalue weighted by atomic mass is 16.5. The Balaban J connectivity index is 0.000000360. The van der Waals surface area contributed by atoms with Crippen LogP contribution in [0.15, 0.2) is 48.5 Å². The summed E-state index contributed by atoms with van der Waals surface area (Å²) in [5, 5.41) is 9.82. The SMILES string of the molecule is CCCCC#CC(=O)c1ccc(C(=O)OC)cc1.CCCCC#CC(O)c1ccc(C(=O)OC)cc1. The van der Waals surface area contributed by atoms with Gasteiger partial charge in [-0.25, -0.2) is 9.59 Å². The van der Waals surface area contributed by atoms with Gasteiger partial charge in [-0.05, 0) is 60.7 Å². The van der Waals surface area contributed by atoms with Gasteiger partial charge < -0.3 is 14.6 Å². The van der Waals surface area contributed by atoms with Crippen molar-refractivity contribution in [1.29, 1.82) is 0 Å². The molecular weight excluding hydrogens is 456 g/mol. The third-order valence-corrected chi connectivity index (χ3v) is 4.97. The number of ether oxygens (including phenoxy) is 2. The average Bonchev–Trinajstić information content (AvgIpc) is 2.92. The van der Waals surface area contributed by atoms with Crippen LogP contribution in [0.4, 0.5) is 0 Å². The second-order valence-electron chi connectivity index (χ2n) is 7.74. The van der Waals surface area contributed by atoms with E-state index in [1.165, 1.54) is 14.2 Å². The molecule has 6 heteroatoms. The Morgan fingerprint density at radius 3 is 1.67 bits per heavy atom. The summed E-state index contributed by atoms with van der Waals surface area (Å²) >= 11 is 0. The van der Waals surface area contributed by atoms with Gasteiger partial charge in [-0.3, -0.25) is 4.79 Å². The van der Waals surface area contributed by atoms with Crippen LogP contribution in [-0.2, 0) is 9.47 Å². The molecule has 2 aromatic rings. The number of carbonyl (C=O) groups excluding carboxylic acids is 3. The first-order chi connectivity index (χ1) is 17.4. The van der Waals surface area contributed by atoms with Crippen molar-refractivity contribution in [2.75, 3.05) is 14.2 Å². The number of methoxy groups -OCH3 is 2. The van der Waals surface area contributed by atoms with Gasteiger partial charge >= 0.3 is 11.9 Å². The van der Waals surface area contributed by atoms with Crippen LogP contribution in [0.1, 0.15) is 95.1 Å². The third kappa shape index (κ3) is 11.0. The number of aliphatic hydroxyl groups is 1. The highest BCUT2D eigenvalue weighted by molar-refractivity contribution is 6.09. The lowest BCUT2D eigenvalue weighted by Gasteiger charge is -2.04. The zero-order chi connectivity index (χ0) is 26.8. The Morgan fingerprint density at radius 2 is 1.19 bits per heavy atom. The Bertz CT molecular complexity index is 1090. The molecule has 0 radical (unpaired) electrons. The quantitative estimate of drug-likeness (QED) is 0.172. The maximum atomic E-state index is 11.7. The predicted molar refractivity (Wildman–Crippen MR) is 139 cm³/mol. The second-order valence-corrected chi connectivity index (χ2v) is 7.74. The molecular formula is C30H34O6. The van der Waals surface area contributed by atoms with Crippen molar-refractivity contribution in [3.8, 4) is 23.7 Å². The summed E-state index contributed by atoms with van der Waals surface area (Å²) in [6, 6.07) is 12.9. The van der Waals surface area contributed by atoms with Gasteiger partial charge in [0.15, 0.2) is 0 Å². The van der Waals surface area contributed by atoms with Gasteiger partial charge in [0, 0.05) is 18.4 Å². The van der Waals surface area contributed by atoms with Crippen molar-refractivity contribution in [2.24, 2.45) is 0 Å². The van der Waals surface area contributed by atoms with Crippen LogP contribution in [0.25, 0.3) is 0 Å². The smallest absolute Gasteiger partial charge is 0.337 e. The van der Waals surface area contributed by atoms with Gasteiger partial charge in [-0.15, -0.1) is 5.92 Å². The molecule has 0 fully saturated rings. The number of esters is 2. The predicted octanol–water partition coefficient (Wildman–Crippen LogP) is 5.55. The molecule has 1 unspecified atom stereocenters. The number of Topliss-reactive ketones (excluding diaryl/α,β-unsaturated/α-hetero) is 1.